The number of anilines is 1. The average molecular weight is 345 g/mol. The molecule has 1 fully saturated rings. The van der Waals surface area contributed by atoms with Gasteiger partial charge in [0.2, 0.25) is 5.91 Å². The van der Waals surface area contributed by atoms with E-state index in [1.54, 1.807) is 4.90 Å². The molecule has 1 aromatic rings. The number of fused-ring (bicyclic) bond motifs is 1. The van der Waals surface area contributed by atoms with Crippen LogP contribution in [0.3, 0.4) is 0 Å². The van der Waals surface area contributed by atoms with E-state index >= 15 is 0 Å². The zero-order valence-corrected chi connectivity index (χ0v) is 14.9. The fourth-order valence-electron chi connectivity index (χ4n) is 3.50. The Labute approximate surface area is 149 Å². The molecule has 0 radical (unpaired) electrons. The lowest BCUT2D eigenvalue weighted by atomic mass is 9.96. The van der Waals surface area contributed by atoms with Crippen molar-refractivity contribution >= 4 is 17.5 Å². The van der Waals surface area contributed by atoms with Crippen LogP contribution in [0.2, 0.25) is 0 Å². The molecule has 6 heteroatoms. The second-order valence-corrected chi connectivity index (χ2v) is 6.68. The molecule has 1 saturated heterocycles. The second-order valence-electron chi connectivity index (χ2n) is 6.68. The van der Waals surface area contributed by atoms with E-state index in [9.17, 15) is 9.59 Å². The molecular weight excluding hydrogens is 318 g/mol. The minimum atomic E-state index is -0.0872. The molecule has 1 aromatic carbocycles. The summed E-state index contributed by atoms with van der Waals surface area (Å²) < 4.78 is 5.44. The fraction of sp³-hybridized carbons (Fsp3) is 0.579. The van der Waals surface area contributed by atoms with Crippen molar-refractivity contribution in [1.29, 1.82) is 0 Å². The minimum absolute atomic E-state index is 0.0427. The molecule has 2 heterocycles. The Kier molecular flexibility index (Phi) is 5.91. The predicted octanol–water partition coefficient (Wildman–Crippen LogP) is 1.65. The van der Waals surface area contributed by atoms with Crippen LogP contribution < -0.4 is 15.0 Å². The van der Waals surface area contributed by atoms with Crippen molar-refractivity contribution in [2.24, 2.45) is 5.92 Å². The minimum Gasteiger partial charge on any atom is -0.482 e. The van der Waals surface area contributed by atoms with Gasteiger partial charge >= 0.3 is 0 Å². The number of amides is 2. The summed E-state index contributed by atoms with van der Waals surface area (Å²) in [5.74, 6) is 1.42. The largest absolute Gasteiger partial charge is 0.482 e. The van der Waals surface area contributed by atoms with Crippen LogP contribution in [0.25, 0.3) is 0 Å². The van der Waals surface area contributed by atoms with E-state index in [0.717, 1.165) is 44.7 Å². The lowest BCUT2D eigenvalue weighted by molar-refractivity contribution is -0.132. The summed E-state index contributed by atoms with van der Waals surface area (Å²) >= 11 is 0. The van der Waals surface area contributed by atoms with Gasteiger partial charge in [0.1, 0.15) is 5.75 Å². The third-order valence-corrected chi connectivity index (χ3v) is 5.01. The van der Waals surface area contributed by atoms with Crippen LogP contribution in [0.5, 0.6) is 5.75 Å². The van der Waals surface area contributed by atoms with Gasteiger partial charge in [0.05, 0.1) is 5.69 Å². The summed E-state index contributed by atoms with van der Waals surface area (Å²) in [4.78, 5) is 28.3. The molecule has 136 valence electrons. The van der Waals surface area contributed by atoms with Gasteiger partial charge in [-0.05, 0) is 44.0 Å². The molecule has 2 aliphatic rings. The number of para-hydroxylation sites is 2. The van der Waals surface area contributed by atoms with Gasteiger partial charge in [0.15, 0.2) is 6.61 Å². The highest BCUT2D eigenvalue weighted by Gasteiger charge is 2.27. The zero-order valence-electron chi connectivity index (χ0n) is 14.9. The van der Waals surface area contributed by atoms with Crippen LogP contribution in [-0.2, 0) is 9.59 Å². The third-order valence-electron chi connectivity index (χ3n) is 5.01. The Morgan fingerprint density at radius 2 is 2.04 bits per heavy atom. The van der Waals surface area contributed by atoms with Crippen molar-refractivity contribution in [3.8, 4) is 5.75 Å². The second kappa shape index (κ2) is 8.34. The summed E-state index contributed by atoms with van der Waals surface area (Å²) in [5.41, 5.74) is 0.760. The molecule has 0 unspecified atom stereocenters. The molecule has 0 saturated carbocycles. The highest BCUT2D eigenvalue weighted by molar-refractivity contribution is 5.98. The van der Waals surface area contributed by atoms with Crippen molar-refractivity contribution in [3.63, 3.8) is 0 Å². The van der Waals surface area contributed by atoms with Crippen LogP contribution in [0.15, 0.2) is 24.3 Å². The number of rotatable bonds is 6. The molecule has 25 heavy (non-hydrogen) atoms. The average Bonchev–Trinajstić information content (AvgIpc) is 2.65. The lowest BCUT2D eigenvalue weighted by Crippen LogP contribution is -2.44. The number of carbonyl (C=O) groups excluding carboxylic acids is 2. The lowest BCUT2D eigenvalue weighted by Gasteiger charge is -2.33. The molecule has 0 bridgehead atoms. The summed E-state index contributed by atoms with van der Waals surface area (Å²) in [6.07, 6.45) is 2.47. The molecule has 6 nitrogen and oxygen atoms in total. The van der Waals surface area contributed by atoms with Crippen molar-refractivity contribution in [2.75, 3.05) is 44.2 Å². The number of likely N-dealkylation sites (tertiary alicyclic amines) is 1. The van der Waals surface area contributed by atoms with E-state index in [2.05, 4.69) is 12.2 Å². The van der Waals surface area contributed by atoms with Crippen molar-refractivity contribution in [3.05, 3.63) is 24.3 Å². The fourth-order valence-corrected chi connectivity index (χ4v) is 3.50. The van der Waals surface area contributed by atoms with Gasteiger partial charge < -0.3 is 19.9 Å². The number of piperidine rings is 1. The van der Waals surface area contributed by atoms with E-state index in [-0.39, 0.29) is 18.4 Å². The summed E-state index contributed by atoms with van der Waals surface area (Å²) in [6, 6.07) is 7.48. The van der Waals surface area contributed by atoms with Crippen LogP contribution in [0.1, 0.15) is 26.2 Å². The predicted molar refractivity (Wildman–Crippen MR) is 96.8 cm³/mol. The van der Waals surface area contributed by atoms with Gasteiger partial charge in [-0.25, -0.2) is 0 Å². The summed E-state index contributed by atoms with van der Waals surface area (Å²) in [5, 5.41) is 3.39. The Hall–Kier alpha value is -2.08. The molecule has 0 atom stereocenters. The van der Waals surface area contributed by atoms with Crippen LogP contribution in [0, 0.1) is 5.92 Å². The Morgan fingerprint density at radius 3 is 2.80 bits per heavy atom. The number of hydrogen-bond donors (Lipinski definition) is 1. The molecule has 0 spiro atoms. The zero-order chi connectivity index (χ0) is 17.6. The molecular formula is C19H27N3O3. The first kappa shape index (κ1) is 17.7. The van der Waals surface area contributed by atoms with E-state index < -0.39 is 0 Å². The van der Waals surface area contributed by atoms with Gasteiger partial charge in [-0.1, -0.05) is 19.1 Å². The van der Waals surface area contributed by atoms with Crippen LogP contribution in [-0.4, -0.2) is 56.0 Å². The molecule has 0 aliphatic carbocycles. The number of benzene rings is 1. The van der Waals surface area contributed by atoms with Gasteiger partial charge in [0.25, 0.3) is 5.91 Å². The molecule has 0 aromatic heterocycles. The monoisotopic (exact) mass is 345 g/mol. The van der Waals surface area contributed by atoms with E-state index in [1.165, 1.54) is 0 Å². The SMILES string of the molecule is CCNCC1CCN(C(=O)CCN2C(=O)COc3ccccc32)CC1. The number of ether oxygens (including phenoxy) is 1. The van der Waals surface area contributed by atoms with Crippen molar-refractivity contribution < 1.29 is 14.3 Å². The van der Waals surface area contributed by atoms with Crippen molar-refractivity contribution in [2.45, 2.75) is 26.2 Å². The first-order chi connectivity index (χ1) is 12.2. The Bertz CT molecular complexity index is 612. The Morgan fingerprint density at radius 1 is 1.28 bits per heavy atom. The topological polar surface area (TPSA) is 61.9 Å². The highest BCUT2D eigenvalue weighted by atomic mass is 16.5. The number of carbonyl (C=O) groups is 2. The van der Waals surface area contributed by atoms with Gasteiger partial charge in [-0.15, -0.1) is 0 Å². The quantitative estimate of drug-likeness (QED) is 0.852. The number of nitrogens with one attached hydrogen (secondary N) is 1. The summed E-state index contributed by atoms with van der Waals surface area (Å²) in [7, 11) is 0. The molecule has 3 rings (SSSR count). The van der Waals surface area contributed by atoms with Gasteiger partial charge in [0, 0.05) is 26.1 Å². The van der Waals surface area contributed by atoms with E-state index in [0.29, 0.717) is 24.6 Å². The van der Waals surface area contributed by atoms with E-state index in [1.807, 2.05) is 29.2 Å². The number of hydrogen-bond acceptors (Lipinski definition) is 4. The molecule has 1 N–H and O–H groups in total. The maximum atomic E-state index is 12.5. The first-order valence-electron chi connectivity index (χ1n) is 9.19. The van der Waals surface area contributed by atoms with Crippen LogP contribution in [0.4, 0.5) is 5.69 Å². The first-order valence-corrected chi connectivity index (χ1v) is 9.19. The maximum Gasteiger partial charge on any atom is 0.265 e. The van der Waals surface area contributed by atoms with Crippen molar-refractivity contribution in [1.82, 2.24) is 10.2 Å². The maximum absolute atomic E-state index is 12.5. The molecule has 2 aliphatic heterocycles. The smallest absolute Gasteiger partial charge is 0.265 e. The molecule has 2 amide bonds. The van der Waals surface area contributed by atoms with E-state index in [4.69, 9.17) is 4.74 Å². The summed E-state index contributed by atoms with van der Waals surface area (Å²) in [6.45, 7) is 6.25. The highest BCUT2D eigenvalue weighted by Crippen LogP contribution is 2.31. The third kappa shape index (κ3) is 4.31. The number of nitrogens with zero attached hydrogens (tertiary/aromatic N) is 2. The Balaban J connectivity index is 1.51. The van der Waals surface area contributed by atoms with Gasteiger partial charge in [-0.2, -0.15) is 0 Å². The standard InChI is InChI=1S/C19H27N3O3/c1-2-20-13-15-7-10-21(11-8-15)18(23)9-12-22-16-5-3-4-6-17(16)25-14-19(22)24/h3-6,15,20H,2,7-14H2,1H3. The van der Waals surface area contributed by atoms with Gasteiger partial charge in [-0.3, -0.25) is 9.59 Å². The normalized spacial score (nSPS) is 18.0. The van der Waals surface area contributed by atoms with Crippen LogP contribution >= 0.6 is 0 Å².